The average Bonchev–Trinajstić information content (AvgIpc) is 2.45. The Labute approximate surface area is 114 Å². The van der Waals surface area contributed by atoms with Gasteiger partial charge in [0.1, 0.15) is 0 Å². The molecule has 5 heteroatoms. The number of aromatic nitrogens is 2. The highest BCUT2D eigenvalue weighted by Gasteiger charge is 2.18. The van der Waals surface area contributed by atoms with Gasteiger partial charge in [-0.15, -0.1) is 10.2 Å². The first-order valence-electron chi connectivity index (χ1n) is 7.07. The highest BCUT2D eigenvalue weighted by atomic mass is 16.1. The number of carbonyl (C=O) groups excluding carboxylic acids is 1. The normalized spacial score (nSPS) is 19.3. The summed E-state index contributed by atoms with van der Waals surface area (Å²) in [6.07, 6.45) is 3.39. The van der Waals surface area contributed by atoms with Crippen LogP contribution in [0.4, 0.5) is 5.82 Å². The Bertz CT molecular complexity index is 418. The van der Waals surface area contributed by atoms with E-state index in [4.69, 9.17) is 0 Å². The maximum atomic E-state index is 11.7. The van der Waals surface area contributed by atoms with Gasteiger partial charge in [0.05, 0.1) is 0 Å². The fraction of sp³-hybridized carbons (Fsp3) is 0.643. The predicted octanol–water partition coefficient (Wildman–Crippen LogP) is 1.85. The highest BCUT2D eigenvalue weighted by Crippen LogP contribution is 2.20. The van der Waals surface area contributed by atoms with E-state index in [1.165, 1.54) is 12.8 Å². The van der Waals surface area contributed by atoms with Crippen molar-refractivity contribution in [3.8, 4) is 0 Å². The Morgan fingerprint density at radius 1 is 1.47 bits per heavy atom. The maximum Gasteiger partial charge on any atom is 0.271 e. The van der Waals surface area contributed by atoms with Crippen LogP contribution in [0.25, 0.3) is 0 Å². The summed E-state index contributed by atoms with van der Waals surface area (Å²) in [5, 5.41) is 11.0. The summed E-state index contributed by atoms with van der Waals surface area (Å²) in [5.41, 5.74) is 0.391. The van der Waals surface area contributed by atoms with Gasteiger partial charge in [0, 0.05) is 19.6 Å². The summed E-state index contributed by atoms with van der Waals surface area (Å²) in [7, 11) is 0. The second-order valence-electron chi connectivity index (χ2n) is 5.23. The minimum Gasteiger partial charge on any atom is -0.355 e. The molecule has 0 radical (unpaired) electrons. The van der Waals surface area contributed by atoms with Crippen molar-refractivity contribution >= 4 is 11.7 Å². The van der Waals surface area contributed by atoms with Crippen molar-refractivity contribution < 1.29 is 4.79 Å². The number of piperidine rings is 1. The second kappa shape index (κ2) is 6.50. The SMILES string of the molecule is CCCNC(=O)c1ccc(N2CCCC(C)C2)nn1. The summed E-state index contributed by atoms with van der Waals surface area (Å²) >= 11 is 0. The molecule has 1 unspecified atom stereocenters. The van der Waals surface area contributed by atoms with Crippen LogP contribution in [-0.2, 0) is 0 Å². The van der Waals surface area contributed by atoms with Crippen molar-refractivity contribution in [2.45, 2.75) is 33.1 Å². The van der Waals surface area contributed by atoms with Crippen LogP contribution in [-0.4, -0.2) is 35.7 Å². The third-order valence-electron chi connectivity index (χ3n) is 3.40. The predicted molar refractivity (Wildman–Crippen MR) is 75.3 cm³/mol. The van der Waals surface area contributed by atoms with Crippen molar-refractivity contribution in [2.24, 2.45) is 5.92 Å². The molecule has 5 nitrogen and oxygen atoms in total. The zero-order valence-electron chi connectivity index (χ0n) is 11.7. The summed E-state index contributed by atoms with van der Waals surface area (Å²) < 4.78 is 0. The third-order valence-corrected chi connectivity index (χ3v) is 3.40. The molecule has 0 spiro atoms. The Kier molecular flexibility index (Phi) is 4.71. The lowest BCUT2D eigenvalue weighted by Crippen LogP contribution is -2.35. The third kappa shape index (κ3) is 3.66. The van der Waals surface area contributed by atoms with Gasteiger partial charge in [-0.25, -0.2) is 0 Å². The van der Waals surface area contributed by atoms with Crippen LogP contribution in [0.15, 0.2) is 12.1 Å². The number of hydrogen-bond acceptors (Lipinski definition) is 4. The van der Waals surface area contributed by atoms with Crippen LogP contribution in [0.2, 0.25) is 0 Å². The van der Waals surface area contributed by atoms with E-state index >= 15 is 0 Å². The summed E-state index contributed by atoms with van der Waals surface area (Å²) in [6, 6.07) is 3.65. The number of nitrogens with zero attached hydrogens (tertiary/aromatic N) is 3. The van der Waals surface area contributed by atoms with Crippen molar-refractivity contribution in [3.05, 3.63) is 17.8 Å². The minimum absolute atomic E-state index is 0.145. The van der Waals surface area contributed by atoms with E-state index in [0.717, 1.165) is 25.3 Å². The van der Waals surface area contributed by atoms with Gasteiger partial charge in [0.2, 0.25) is 0 Å². The molecule has 1 amide bonds. The number of anilines is 1. The number of hydrogen-bond donors (Lipinski definition) is 1. The molecule has 1 N–H and O–H groups in total. The standard InChI is InChI=1S/C14H22N4O/c1-3-8-15-14(19)12-6-7-13(17-16-12)18-9-4-5-11(2)10-18/h6-7,11H,3-5,8-10H2,1-2H3,(H,15,19). The fourth-order valence-electron chi connectivity index (χ4n) is 2.34. The molecule has 0 bridgehead atoms. The Morgan fingerprint density at radius 3 is 2.95 bits per heavy atom. The van der Waals surface area contributed by atoms with Gasteiger partial charge in [0.25, 0.3) is 5.91 Å². The van der Waals surface area contributed by atoms with Gasteiger partial charge in [-0.1, -0.05) is 13.8 Å². The number of carbonyl (C=O) groups is 1. The molecule has 0 aliphatic carbocycles. The Hall–Kier alpha value is -1.65. The zero-order valence-corrected chi connectivity index (χ0v) is 11.7. The van der Waals surface area contributed by atoms with E-state index in [1.54, 1.807) is 6.07 Å². The van der Waals surface area contributed by atoms with Gasteiger partial charge in [-0.2, -0.15) is 0 Å². The monoisotopic (exact) mass is 262 g/mol. The van der Waals surface area contributed by atoms with Crippen molar-refractivity contribution in [1.82, 2.24) is 15.5 Å². The van der Waals surface area contributed by atoms with E-state index in [9.17, 15) is 4.79 Å². The topological polar surface area (TPSA) is 58.1 Å². The molecule has 1 fully saturated rings. The fourth-order valence-corrected chi connectivity index (χ4v) is 2.34. The first kappa shape index (κ1) is 13.8. The van der Waals surface area contributed by atoms with Crippen LogP contribution in [0.3, 0.4) is 0 Å². The summed E-state index contributed by atoms with van der Waals surface area (Å²) in [5.74, 6) is 1.43. The number of nitrogens with one attached hydrogen (secondary N) is 1. The first-order valence-corrected chi connectivity index (χ1v) is 7.07. The molecule has 0 saturated carbocycles. The maximum absolute atomic E-state index is 11.7. The second-order valence-corrected chi connectivity index (χ2v) is 5.23. The minimum atomic E-state index is -0.145. The highest BCUT2D eigenvalue weighted by molar-refractivity contribution is 5.92. The quantitative estimate of drug-likeness (QED) is 0.899. The number of amides is 1. The zero-order chi connectivity index (χ0) is 13.7. The molecule has 2 rings (SSSR count). The molecule has 104 valence electrons. The average molecular weight is 262 g/mol. The van der Waals surface area contributed by atoms with Crippen LogP contribution < -0.4 is 10.2 Å². The van der Waals surface area contributed by atoms with Gasteiger partial charge in [-0.3, -0.25) is 4.79 Å². The molecule has 19 heavy (non-hydrogen) atoms. The van der Waals surface area contributed by atoms with Gasteiger partial charge in [-0.05, 0) is 37.3 Å². The molecule has 1 saturated heterocycles. The van der Waals surface area contributed by atoms with E-state index in [0.29, 0.717) is 18.2 Å². The van der Waals surface area contributed by atoms with Crippen LogP contribution in [0.5, 0.6) is 0 Å². The smallest absolute Gasteiger partial charge is 0.271 e. The lowest BCUT2D eigenvalue weighted by atomic mass is 10.0. The molecule has 1 aromatic heterocycles. The molecular formula is C14H22N4O. The van der Waals surface area contributed by atoms with Crippen molar-refractivity contribution in [3.63, 3.8) is 0 Å². The lowest BCUT2D eigenvalue weighted by Gasteiger charge is -2.31. The van der Waals surface area contributed by atoms with E-state index in [1.807, 2.05) is 13.0 Å². The summed E-state index contributed by atoms with van der Waals surface area (Å²) in [6.45, 7) is 7.00. The molecular weight excluding hydrogens is 240 g/mol. The molecule has 2 heterocycles. The van der Waals surface area contributed by atoms with Crippen LogP contribution in [0, 0.1) is 5.92 Å². The summed E-state index contributed by atoms with van der Waals surface area (Å²) in [4.78, 5) is 14.0. The van der Waals surface area contributed by atoms with Crippen molar-refractivity contribution in [1.29, 1.82) is 0 Å². The van der Waals surface area contributed by atoms with E-state index in [-0.39, 0.29) is 5.91 Å². The van der Waals surface area contributed by atoms with E-state index in [2.05, 4.69) is 27.3 Å². The van der Waals surface area contributed by atoms with Gasteiger partial charge in [0.15, 0.2) is 11.5 Å². The molecule has 0 aromatic carbocycles. The Morgan fingerprint density at radius 2 is 2.32 bits per heavy atom. The van der Waals surface area contributed by atoms with Gasteiger partial charge >= 0.3 is 0 Å². The largest absolute Gasteiger partial charge is 0.355 e. The van der Waals surface area contributed by atoms with Crippen molar-refractivity contribution in [2.75, 3.05) is 24.5 Å². The Balaban J connectivity index is 1.99. The van der Waals surface area contributed by atoms with Crippen LogP contribution >= 0.6 is 0 Å². The number of rotatable bonds is 4. The van der Waals surface area contributed by atoms with Gasteiger partial charge < -0.3 is 10.2 Å². The molecule has 1 atom stereocenters. The molecule has 1 aromatic rings. The van der Waals surface area contributed by atoms with E-state index < -0.39 is 0 Å². The first-order chi connectivity index (χ1) is 9.20. The van der Waals surface area contributed by atoms with Crippen LogP contribution in [0.1, 0.15) is 43.6 Å². The molecule has 1 aliphatic heterocycles. The lowest BCUT2D eigenvalue weighted by molar-refractivity contribution is 0.0947. The molecule has 1 aliphatic rings.